The topological polar surface area (TPSA) is 100 Å². The molecule has 7 nitrogen and oxygen atoms in total. The van der Waals surface area contributed by atoms with Crippen molar-refractivity contribution in [1.29, 1.82) is 0 Å². The molecule has 128 valence electrons. The summed E-state index contributed by atoms with van der Waals surface area (Å²) in [6.45, 7) is 1.80. The van der Waals surface area contributed by atoms with Crippen LogP contribution in [0.2, 0.25) is 0 Å². The number of carbonyl (C=O) groups excluding carboxylic acids is 1. The van der Waals surface area contributed by atoms with E-state index in [2.05, 4.69) is 20.8 Å². The quantitative estimate of drug-likeness (QED) is 0.773. The maximum Gasteiger partial charge on any atom is 0.315 e. The highest BCUT2D eigenvalue weighted by atomic mass is 16.5. The van der Waals surface area contributed by atoms with Crippen molar-refractivity contribution in [3.05, 3.63) is 11.7 Å². The fourth-order valence-corrected chi connectivity index (χ4v) is 3.68. The van der Waals surface area contributed by atoms with E-state index in [0.717, 1.165) is 44.3 Å². The van der Waals surface area contributed by atoms with Crippen LogP contribution in [0.3, 0.4) is 0 Å². The summed E-state index contributed by atoms with van der Waals surface area (Å²) >= 11 is 0. The summed E-state index contributed by atoms with van der Waals surface area (Å²) in [6, 6.07) is -0.649. The van der Waals surface area contributed by atoms with Gasteiger partial charge in [-0.15, -0.1) is 0 Å². The Kier molecular flexibility index (Phi) is 4.84. The van der Waals surface area contributed by atoms with Crippen LogP contribution in [-0.4, -0.2) is 33.4 Å². The molecule has 0 aliphatic heterocycles. The Labute approximate surface area is 136 Å². The highest BCUT2D eigenvalue weighted by Crippen LogP contribution is 2.32. The molecule has 2 amide bonds. The van der Waals surface area contributed by atoms with Crippen LogP contribution in [-0.2, 0) is 0 Å². The van der Waals surface area contributed by atoms with E-state index in [9.17, 15) is 9.90 Å². The number of nitrogens with zero attached hydrogens (tertiary/aromatic N) is 2. The van der Waals surface area contributed by atoms with Gasteiger partial charge in [0.25, 0.3) is 0 Å². The fourth-order valence-electron chi connectivity index (χ4n) is 3.68. The standard InChI is InChI=1S/C16H26N4O3/c1-11(14-18-13(20-23-14)12-6-2-3-7-12)17-15(22)19-16(10-21)8-4-5-9-16/h11-12,21H,2-10H2,1H3,(H2,17,19,22). The molecule has 0 spiro atoms. The Morgan fingerprint density at radius 2 is 2.04 bits per heavy atom. The summed E-state index contributed by atoms with van der Waals surface area (Å²) in [5, 5.41) is 19.4. The summed E-state index contributed by atoms with van der Waals surface area (Å²) in [6.07, 6.45) is 8.35. The van der Waals surface area contributed by atoms with Crippen LogP contribution in [0.15, 0.2) is 4.52 Å². The lowest BCUT2D eigenvalue weighted by Gasteiger charge is -2.28. The third-order valence-corrected chi connectivity index (χ3v) is 5.14. The molecule has 2 fully saturated rings. The molecular weight excluding hydrogens is 296 g/mol. The monoisotopic (exact) mass is 322 g/mol. The van der Waals surface area contributed by atoms with Gasteiger partial charge in [0.05, 0.1) is 12.1 Å². The Morgan fingerprint density at radius 3 is 2.70 bits per heavy atom. The first kappa shape index (κ1) is 16.2. The second kappa shape index (κ2) is 6.86. The van der Waals surface area contributed by atoms with Gasteiger partial charge in [-0.05, 0) is 32.6 Å². The molecule has 0 aromatic carbocycles. The number of hydrogen-bond acceptors (Lipinski definition) is 5. The van der Waals surface area contributed by atoms with Gasteiger partial charge in [0.15, 0.2) is 5.82 Å². The van der Waals surface area contributed by atoms with Gasteiger partial charge in [-0.25, -0.2) is 4.79 Å². The maximum atomic E-state index is 12.2. The normalized spacial score (nSPS) is 22.2. The minimum atomic E-state index is -0.479. The first-order valence-corrected chi connectivity index (χ1v) is 8.65. The zero-order valence-electron chi connectivity index (χ0n) is 13.7. The van der Waals surface area contributed by atoms with Gasteiger partial charge in [-0.3, -0.25) is 0 Å². The van der Waals surface area contributed by atoms with E-state index in [-0.39, 0.29) is 18.7 Å². The van der Waals surface area contributed by atoms with Crippen LogP contribution in [0.1, 0.15) is 82.0 Å². The second-order valence-electron chi connectivity index (χ2n) is 6.94. The molecule has 0 bridgehead atoms. The summed E-state index contributed by atoms with van der Waals surface area (Å²) in [5.74, 6) is 1.59. The van der Waals surface area contributed by atoms with Crippen LogP contribution in [0.4, 0.5) is 4.79 Å². The third-order valence-electron chi connectivity index (χ3n) is 5.14. The maximum absolute atomic E-state index is 12.2. The van der Waals surface area contributed by atoms with Crippen molar-refractivity contribution in [1.82, 2.24) is 20.8 Å². The van der Waals surface area contributed by atoms with Gasteiger partial charge in [0.1, 0.15) is 6.04 Å². The Hall–Kier alpha value is -1.63. The van der Waals surface area contributed by atoms with Crippen molar-refractivity contribution in [2.45, 2.75) is 75.8 Å². The van der Waals surface area contributed by atoms with Gasteiger partial charge >= 0.3 is 6.03 Å². The molecular formula is C16H26N4O3. The van der Waals surface area contributed by atoms with Crippen molar-refractivity contribution in [3.8, 4) is 0 Å². The average Bonchev–Trinajstić information content (AvgIpc) is 3.28. The predicted octanol–water partition coefficient (Wildman–Crippen LogP) is 2.39. The number of urea groups is 1. The Balaban J connectivity index is 1.55. The molecule has 2 aliphatic rings. The smallest absolute Gasteiger partial charge is 0.315 e. The molecule has 2 saturated carbocycles. The number of aliphatic hydroxyl groups excluding tert-OH is 1. The van der Waals surface area contributed by atoms with Crippen molar-refractivity contribution in [2.24, 2.45) is 0 Å². The van der Waals surface area contributed by atoms with Crippen molar-refractivity contribution in [3.63, 3.8) is 0 Å². The number of nitrogens with one attached hydrogen (secondary N) is 2. The highest BCUT2D eigenvalue weighted by molar-refractivity contribution is 5.75. The SMILES string of the molecule is CC(NC(=O)NC1(CO)CCCC1)c1nc(C2CCCC2)no1. The molecule has 3 N–H and O–H groups in total. The molecule has 1 aromatic heterocycles. The summed E-state index contributed by atoms with van der Waals surface area (Å²) in [4.78, 5) is 16.6. The van der Waals surface area contributed by atoms with E-state index in [0.29, 0.717) is 11.8 Å². The van der Waals surface area contributed by atoms with E-state index in [1.807, 2.05) is 6.92 Å². The summed E-state index contributed by atoms with van der Waals surface area (Å²) in [5.41, 5.74) is -0.479. The van der Waals surface area contributed by atoms with Gasteiger partial charge in [0, 0.05) is 5.92 Å². The molecule has 3 rings (SSSR count). The van der Waals surface area contributed by atoms with Gasteiger partial charge in [0.2, 0.25) is 5.89 Å². The molecule has 7 heteroatoms. The van der Waals surface area contributed by atoms with Crippen molar-refractivity contribution < 1.29 is 14.4 Å². The zero-order chi connectivity index (χ0) is 16.3. The average molecular weight is 322 g/mol. The van der Waals surface area contributed by atoms with Crippen LogP contribution in [0.25, 0.3) is 0 Å². The first-order chi connectivity index (χ1) is 11.1. The number of carbonyl (C=O) groups is 1. The highest BCUT2D eigenvalue weighted by Gasteiger charge is 2.35. The molecule has 1 atom stereocenters. The largest absolute Gasteiger partial charge is 0.394 e. The lowest BCUT2D eigenvalue weighted by molar-refractivity contribution is 0.161. The van der Waals surface area contributed by atoms with E-state index in [1.54, 1.807) is 0 Å². The van der Waals surface area contributed by atoms with E-state index < -0.39 is 5.54 Å². The lowest BCUT2D eigenvalue weighted by Crippen LogP contribution is -2.53. The lowest BCUT2D eigenvalue weighted by atomic mass is 9.99. The van der Waals surface area contributed by atoms with Crippen LogP contribution < -0.4 is 10.6 Å². The fraction of sp³-hybridized carbons (Fsp3) is 0.812. The van der Waals surface area contributed by atoms with Crippen LogP contribution in [0.5, 0.6) is 0 Å². The predicted molar refractivity (Wildman–Crippen MR) is 83.9 cm³/mol. The zero-order valence-corrected chi connectivity index (χ0v) is 13.7. The first-order valence-electron chi connectivity index (χ1n) is 8.65. The van der Waals surface area contributed by atoms with Gasteiger partial charge < -0.3 is 20.3 Å². The second-order valence-corrected chi connectivity index (χ2v) is 6.94. The molecule has 1 heterocycles. The van der Waals surface area contributed by atoms with Gasteiger partial charge in [-0.2, -0.15) is 4.98 Å². The Bertz CT molecular complexity index is 533. The van der Waals surface area contributed by atoms with Crippen molar-refractivity contribution in [2.75, 3.05) is 6.61 Å². The van der Waals surface area contributed by atoms with Crippen molar-refractivity contribution >= 4 is 6.03 Å². The Morgan fingerprint density at radius 1 is 1.35 bits per heavy atom. The number of hydrogen-bond donors (Lipinski definition) is 3. The third kappa shape index (κ3) is 3.65. The van der Waals surface area contributed by atoms with Gasteiger partial charge in [-0.1, -0.05) is 30.8 Å². The number of rotatable bonds is 5. The summed E-state index contributed by atoms with van der Waals surface area (Å²) in [7, 11) is 0. The molecule has 0 radical (unpaired) electrons. The molecule has 0 saturated heterocycles. The molecule has 1 aromatic rings. The molecule has 23 heavy (non-hydrogen) atoms. The van der Waals surface area contributed by atoms with Crippen LogP contribution >= 0.6 is 0 Å². The van der Waals surface area contributed by atoms with E-state index >= 15 is 0 Å². The summed E-state index contributed by atoms with van der Waals surface area (Å²) < 4.78 is 5.31. The minimum Gasteiger partial charge on any atom is -0.394 e. The number of aromatic nitrogens is 2. The number of aliphatic hydroxyl groups is 1. The van der Waals surface area contributed by atoms with E-state index in [4.69, 9.17) is 4.52 Å². The minimum absolute atomic E-state index is 0.0266. The molecule has 1 unspecified atom stereocenters. The van der Waals surface area contributed by atoms with E-state index in [1.165, 1.54) is 12.8 Å². The molecule has 2 aliphatic carbocycles. The number of amides is 2. The van der Waals surface area contributed by atoms with Crippen LogP contribution in [0, 0.1) is 0 Å².